The predicted octanol–water partition coefficient (Wildman–Crippen LogP) is 0.460. The fourth-order valence-electron chi connectivity index (χ4n) is 2.76. The minimum Gasteiger partial charge on any atom is -0.373 e. The first-order valence-electron chi connectivity index (χ1n) is 5.51. The van der Waals surface area contributed by atoms with Gasteiger partial charge < -0.3 is 10.5 Å². The molecule has 88 valence electrons. The zero-order valence-electron chi connectivity index (χ0n) is 9.11. The van der Waals surface area contributed by atoms with E-state index in [1.165, 1.54) is 6.26 Å². The van der Waals surface area contributed by atoms with Crippen molar-refractivity contribution in [2.24, 2.45) is 5.73 Å². The van der Waals surface area contributed by atoms with Gasteiger partial charge >= 0.3 is 0 Å². The van der Waals surface area contributed by atoms with E-state index in [1.807, 2.05) is 0 Å². The van der Waals surface area contributed by atoms with E-state index in [0.717, 1.165) is 25.7 Å². The van der Waals surface area contributed by atoms with Crippen LogP contribution in [0, 0.1) is 0 Å². The highest BCUT2D eigenvalue weighted by Crippen LogP contribution is 2.42. The molecular weight excluding hydrogens is 214 g/mol. The number of rotatable bonds is 4. The van der Waals surface area contributed by atoms with Crippen LogP contribution in [0.2, 0.25) is 0 Å². The van der Waals surface area contributed by atoms with Crippen LogP contribution in [-0.2, 0) is 14.6 Å². The van der Waals surface area contributed by atoms with Crippen molar-refractivity contribution in [3.63, 3.8) is 0 Å². The Morgan fingerprint density at radius 2 is 2.20 bits per heavy atom. The molecular formula is C10H19NO3S. The van der Waals surface area contributed by atoms with Gasteiger partial charge in [0, 0.05) is 17.5 Å². The largest absolute Gasteiger partial charge is 0.373 e. The number of sulfone groups is 1. The molecule has 2 fully saturated rings. The fourth-order valence-corrected chi connectivity index (χ4v) is 3.43. The van der Waals surface area contributed by atoms with Gasteiger partial charge in [-0.05, 0) is 32.1 Å². The summed E-state index contributed by atoms with van der Waals surface area (Å²) < 4.78 is 27.7. The lowest BCUT2D eigenvalue weighted by atomic mass is 9.79. The Morgan fingerprint density at radius 1 is 1.47 bits per heavy atom. The maximum absolute atomic E-state index is 11.0. The van der Waals surface area contributed by atoms with E-state index in [4.69, 9.17) is 10.5 Å². The van der Waals surface area contributed by atoms with Gasteiger partial charge in [0.1, 0.15) is 9.84 Å². The predicted molar refractivity (Wildman–Crippen MR) is 58.4 cm³/mol. The normalized spacial score (nSPS) is 39.9. The Hall–Kier alpha value is -0.130. The molecule has 2 aliphatic rings. The quantitative estimate of drug-likeness (QED) is 0.766. The van der Waals surface area contributed by atoms with Crippen molar-refractivity contribution in [2.75, 3.05) is 12.0 Å². The van der Waals surface area contributed by atoms with Crippen molar-refractivity contribution in [2.45, 2.75) is 49.9 Å². The molecule has 0 spiro atoms. The first-order chi connectivity index (χ1) is 6.89. The van der Waals surface area contributed by atoms with Crippen LogP contribution in [0.25, 0.3) is 0 Å². The van der Waals surface area contributed by atoms with Gasteiger partial charge in [0.2, 0.25) is 0 Å². The topological polar surface area (TPSA) is 69.4 Å². The molecule has 2 heterocycles. The number of hydrogen-bond donors (Lipinski definition) is 1. The molecule has 3 atom stereocenters. The minimum absolute atomic E-state index is 0.169. The average molecular weight is 233 g/mol. The average Bonchev–Trinajstić information content (AvgIpc) is 2.60. The van der Waals surface area contributed by atoms with E-state index < -0.39 is 9.84 Å². The summed E-state index contributed by atoms with van der Waals surface area (Å²) in [6, 6.07) is 0. The van der Waals surface area contributed by atoms with E-state index in [1.54, 1.807) is 0 Å². The Balaban J connectivity index is 1.85. The second-order valence-corrected chi connectivity index (χ2v) is 7.25. The van der Waals surface area contributed by atoms with Gasteiger partial charge in [-0.1, -0.05) is 0 Å². The van der Waals surface area contributed by atoms with Gasteiger partial charge in [0.05, 0.1) is 12.2 Å². The molecule has 2 rings (SSSR count). The van der Waals surface area contributed by atoms with Crippen molar-refractivity contribution in [1.29, 1.82) is 0 Å². The first kappa shape index (κ1) is 11.4. The van der Waals surface area contributed by atoms with Gasteiger partial charge in [-0.25, -0.2) is 8.42 Å². The molecule has 0 aromatic rings. The van der Waals surface area contributed by atoms with Crippen molar-refractivity contribution in [1.82, 2.24) is 0 Å². The zero-order valence-corrected chi connectivity index (χ0v) is 9.92. The van der Waals surface area contributed by atoms with Gasteiger partial charge in [-0.15, -0.1) is 0 Å². The van der Waals surface area contributed by atoms with Crippen molar-refractivity contribution >= 4 is 9.84 Å². The Morgan fingerprint density at radius 3 is 2.67 bits per heavy atom. The van der Waals surface area contributed by atoms with Crippen LogP contribution in [-0.4, -0.2) is 38.2 Å². The van der Waals surface area contributed by atoms with E-state index in [2.05, 4.69) is 0 Å². The molecule has 0 aliphatic carbocycles. The number of nitrogens with two attached hydrogens (primary N) is 1. The maximum atomic E-state index is 11.0. The Kier molecular flexibility index (Phi) is 2.81. The molecule has 0 amide bonds. The summed E-state index contributed by atoms with van der Waals surface area (Å²) in [4.78, 5) is 0. The second kappa shape index (κ2) is 3.71. The van der Waals surface area contributed by atoms with E-state index in [-0.39, 0.29) is 17.4 Å². The molecule has 2 bridgehead atoms. The second-order valence-electron chi connectivity index (χ2n) is 4.99. The third-order valence-corrected chi connectivity index (χ3v) is 4.54. The monoisotopic (exact) mass is 233 g/mol. The molecule has 0 aromatic carbocycles. The van der Waals surface area contributed by atoms with E-state index in [9.17, 15) is 8.42 Å². The Labute approximate surface area is 91.1 Å². The smallest absolute Gasteiger partial charge is 0.147 e. The molecule has 5 heteroatoms. The molecule has 0 radical (unpaired) electrons. The summed E-state index contributed by atoms with van der Waals surface area (Å²) in [7, 11) is -2.85. The molecule has 2 saturated heterocycles. The summed E-state index contributed by atoms with van der Waals surface area (Å²) >= 11 is 0. The van der Waals surface area contributed by atoms with E-state index in [0.29, 0.717) is 12.5 Å². The van der Waals surface area contributed by atoms with Crippen LogP contribution in [0.5, 0.6) is 0 Å². The minimum atomic E-state index is -2.85. The SMILES string of the molecule is CS(=O)(=O)CCCC1(N)CC2CCC1O2. The van der Waals surface area contributed by atoms with Crippen LogP contribution < -0.4 is 5.73 Å². The van der Waals surface area contributed by atoms with Crippen LogP contribution in [0.1, 0.15) is 32.1 Å². The summed E-state index contributed by atoms with van der Waals surface area (Å²) in [6.45, 7) is 0. The highest BCUT2D eigenvalue weighted by molar-refractivity contribution is 7.90. The number of hydrogen-bond acceptors (Lipinski definition) is 4. The number of ether oxygens (including phenoxy) is 1. The lowest BCUT2D eigenvalue weighted by Gasteiger charge is -2.30. The molecule has 2 aliphatic heterocycles. The molecule has 0 saturated carbocycles. The molecule has 4 nitrogen and oxygen atoms in total. The molecule has 0 aromatic heterocycles. The van der Waals surface area contributed by atoms with Crippen molar-refractivity contribution in [3.05, 3.63) is 0 Å². The van der Waals surface area contributed by atoms with Crippen LogP contribution in [0.3, 0.4) is 0 Å². The highest BCUT2D eigenvalue weighted by atomic mass is 32.2. The van der Waals surface area contributed by atoms with Gasteiger partial charge in [-0.3, -0.25) is 0 Å². The number of fused-ring (bicyclic) bond motifs is 2. The summed E-state index contributed by atoms with van der Waals surface area (Å²) in [5, 5.41) is 0. The lowest BCUT2D eigenvalue weighted by Crippen LogP contribution is -2.48. The van der Waals surface area contributed by atoms with Crippen LogP contribution in [0.15, 0.2) is 0 Å². The highest BCUT2D eigenvalue weighted by Gasteiger charge is 2.49. The standard InChI is InChI=1S/C10H19NO3S/c1-15(12,13)6-2-5-10(11)7-8-3-4-9(10)14-8/h8-9H,2-7,11H2,1H3. The van der Waals surface area contributed by atoms with Gasteiger partial charge in [-0.2, -0.15) is 0 Å². The Bertz CT molecular complexity index is 341. The third kappa shape index (κ3) is 2.52. The maximum Gasteiger partial charge on any atom is 0.147 e. The third-order valence-electron chi connectivity index (χ3n) is 3.51. The zero-order chi connectivity index (χ0) is 11.1. The van der Waals surface area contributed by atoms with Crippen molar-refractivity contribution in [3.8, 4) is 0 Å². The van der Waals surface area contributed by atoms with Gasteiger partial charge in [0.25, 0.3) is 0 Å². The fraction of sp³-hybridized carbons (Fsp3) is 1.00. The molecule has 15 heavy (non-hydrogen) atoms. The summed E-state index contributed by atoms with van der Waals surface area (Å²) in [5.74, 6) is 0.239. The molecule has 2 N–H and O–H groups in total. The van der Waals surface area contributed by atoms with Crippen LogP contribution in [0.4, 0.5) is 0 Å². The summed E-state index contributed by atoms with van der Waals surface area (Å²) in [6.07, 6.45) is 6.26. The van der Waals surface area contributed by atoms with Crippen molar-refractivity contribution < 1.29 is 13.2 Å². The summed E-state index contributed by atoms with van der Waals surface area (Å²) in [5.41, 5.74) is 6.00. The molecule has 3 unspecified atom stereocenters. The van der Waals surface area contributed by atoms with E-state index >= 15 is 0 Å². The first-order valence-corrected chi connectivity index (χ1v) is 7.57. The lowest BCUT2D eigenvalue weighted by molar-refractivity contribution is 0.0837. The van der Waals surface area contributed by atoms with Gasteiger partial charge in [0.15, 0.2) is 0 Å². The van der Waals surface area contributed by atoms with Crippen LogP contribution >= 0.6 is 0 Å².